The summed E-state index contributed by atoms with van der Waals surface area (Å²) in [6, 6.07) is -0.424. The third-order valence-corrected chi connectivity index (χ3v) is 2.13. The zero-order valence-electron chi connectivity index (χ0n) is 9.32. The molecule has 1 fully saturated rings. The Balaban J connectivity index is 2.69. The van der Waals surface area contributed by atoms with Crippen LogP contribution >= 0.6 is 0 Å². The van der Waals surface area contributed by atoms with Crippen LogP contribution < -0.4 is 0 Å². The highest BCUT2D eigenvalue weighted by molar-refractivity contribution is 5.94. The Morgan fingerprint density at radius 1 is 1.60 bits per heavy atom. The van der Waals surface area contributed by atoms with E-state index in [0.717, 1.165) is 4.90 Å². The van der Waals surface area contributed by atoms with E-state index in [4.69, 9.17) is 9.84 Å². The van der Waals surface area contributed by atoms with E-state index in [0.29, 0.717) is 12.8 Å². The smallest absolute Gasteiger partial charge is 0.417 e. The van der Waals surface area contributed by atoms with Gasteiger partial charge in [-0.05, 0) is 27.2 Å². The monoisotopic (exact) mass is 215 g/mol. The number of ether oxygens (including phenoxy) is 1. The lowest BCUT2D eigenvalue weighted by Crippen LogP contribution is -2.43. The molecule has 0 aromatic rings. The lowest BCUT2D eigenvalue weighted by atomic mass is 10.2. The van der Waals surface area contributed by atoms with E-state index in [1.807, 2.05) is 0 Å². The molecule has 5 nitrogen and oxygen atoms in total. The Morgan fingerprint density at radius 2 is 2.20 bits per heavy atom. The van der Waals surface area contributed by atoms with Gasteiger partial charge in [-0.15, -0.1) is 0 Å². The molecule has 0 aromatic carbocycles. The first-order valence-corrected chi connectivity index (χ1v) is 5.01. The molecule has 1 aliphatic heterocycles. The number of aliphatic hydroxyl groups is 1. The average molecular weight is 215 g/mol. The summed E-state index contributed by atoms with van der Waals surface area (Å²) >= 11 is 0. The second kappa shape index (κ2) is 4.18. The topological polar surface area (TPSA) is 66.8 Å². The molecule has 0 saturated carbocycles. The lowest BCUT2D eigenvalue weighted by molar-refractivity contribution is -0.128. The fourth-order valence-electron chi connectivity index (χ4n) is 1.48. The van der Waals surface area contributed by atoms with Crippen LogP contribution in [0.1, 0.15) is 33.6 Å². The van der Waals surface area contributed by atoms with Crippen LogP contribution in [0, 0.1) is 0 Å². The molecule has 1 unspecified atom stereocenters. The molecule has 0 aromatic heterocycles. The van der Waals surface area contributed by atoms with Crippen molar-refractivity contribution in [1.29, 1.82) is 0 Å². The van der Waals surface area contributed by atoms with Gasteiger partial charge in [-0.2, -0.15) is 0 Å². The Labute approximate surface area is 89.0 Å². The molecule has 0 radical (unpaired) electrons. The van der Waals surface area contributed by atoms with Crippen molar-refractivity contribution < 1.29 is 19.4 Å². The predicted octanol–water partition coefficient (Wildman–Crippen LogP) is 0.905. The molecule has 15 heavy (non-hydrogen) atoms. The van der Waals surface area contributed by atoms with Crippen molar-refractivity contribution in [3.8, 4) is 0 Å². The number of hydrogen-bond acceptors (Lipinski definition) is 4. The highest BCUT2D eigenvalue weighted by Crippen LogP contribution is 2.21. The number of carbonyl (C=O) groups excluding carboxylic acids is 2. The Kier molecular flexibility index (Phi) is 3.34. The lowest BCUT2D eigenvalue weighted by Gasteiger charge is -2.26. The van der Waals surface area contributed by atoms with Gasteiger partial charge in [0.15, 0.2) is 0 Å². The molecular formula is C10H17NO4. The number of likely N-dealkylation sites (tertiary alicyclic amines) is 1. The number of amides is 2. The summed E-state index contributed by atoms with van der Waals surface area (Å²) in [6.45, 7) is 5.00. The van der Waals surface area contributed by atoms with Gasteiger partial charge in [-0.25, -0.2) is 9.69 Å². The van der Waals surface area contributed by atoms with Gasteiger partial charge >= 0.3 is 6.09 Å². The SMILES string of the molecule is CC(C)(C)OC(=O)N1C(=O)CCC1CO. The number of carbonyl (C=O) groups is 2. The number of nitrogens with zero attached hydrogens (tertiary/aromatic N) is 1. The molecule has 5 heteroatoms. The van der Waals surface area contributed by atoms with Crippen LogP contribution in [0.5, 0.6) is 0 Å². The van der Waals surface area contributed by atoms with Crippen LogP contribution in [-0.2, 0) is 9.53 Å². The standard InChI is InChI=1S/C10H17NO4/c1-10(2,3)15-9(14)11-7(6-12)4-5-8(11)13/h7,12H,4-6H2,1-3H3. The van der Waals surface area contributed by atoms with Crippen LogP contribution in [-0.4, -0.2) is 40.3 Å². The third-order valence-electron chi connectivity index (χ3n) is 2.13. The summed E-state index contributed by atoms with van der Waals surface area (Å²) in [5.74, 6) is -0.275. The van der Waals surface area contributed by atoms with Crippen molar-refractivity contribution in [2.24, 2.45) is 0 Å². The van der Waals surface area contributed by atoms with E-state index in [1.54, 1.807) is 20.8 Å². The minimum atomic E-state index is -0.663. The van der Waals surface area contributed by atoms with E-state index in [9.17, 15) is 9.59 Å². The zero-order valence-corrected chi connectivity index (χ0v) is 9.32. The quantitative estimate of drug-likeness (QED) is 0.705. The van der Waals surface area contributed by atoms with Gasteiger partial charge in [0.1, 0.15) is 5.60 Å². The highest BCUT2D eigenvalue weighted by Gasteiger charge is 2.37. The third kappa shape index (κ3) is 2.92. The zero-order chi connectivity index (χ0) is 11.6. The normalized spacial score (nSPS) is 22.0. The van der Waals surface area contributed by atoms with Crippen molar-refractivity contribution in [3.63, 3.8) is 0 Å². The van der Waals surface area contributed by atoms with E-state index in [1.165, 1.54) is 0 Å². The second-order valence-electron chi connectivity index (χ2n) is 4.62. The largest absolute Gasteiger partial charge is 0.443 e. The summed E-state index contributed by atoms with van der Waals surface area (Å²) in [5.41, 5.74) is -0.625. The fraction of sp³-hybridized carbons (Fsp3) is 0.800. The molecule has 1 rings (SSSR count). The molecule has 0 bridgehead atoms. The summed E-state index contributed by atoms with van der Waals surface area (Å²) in [5, 5.41) is 9.00. The van der Waals surface area contributed by atoms with Crippen molar-refractivity contribution in [2.75, 3.05) is 6.61 Å². The summed E-state index contributed by atoms with van der Waals surface area (Å²) in [7, 11) is 0. The maximum Gasteiger partial charge on any atom is 0.417 e. The number of imide groups is 1. The van der Waals surface area contributed by atoms with Gasteiger partial charge in [0.05, 0.1) is 12.6 Å². The van der Waals surface area contributed by atoms with E-state index in [-0.39, 0.29) is 12.5 Å². The Morgan fingerprint density at radius 3 is 2.67 bits per heavy atom. The summed E-state index contributed by atoms with van der Waals surface area (Å²) in [6.07, 6.45) is 0.142. The molecule has 1 N–H and O–H groups in total. The first-order valence-electron chi connectivity index (χ1n) is 5.01. The van der Waals surface area contributed by atoms with Gasteiger partial charge in [-0.3, -0.25) is 4.79 Å². The van der Waals surface area contributed by atoms with Crippen LogP contribution in [0.4, 0.5) is 4.79 Å². The van der Waals surface area contributed by atoms with Gasteiger partial charge in [-0.1, -0.05) is 0 Å². The number of rotatable bonds is 1. The van der Waals surface area contributed by atoms with Gasteiger partial charge in [0.25, 0.3) is 0 Å². The Hall–Kier alpha value is -1.10. The van der Waals surface area contributed by atoms with Crippen molar-refractivity contribution in [1.82, 2.24) is 4.90 Å². The fourth-order valence-corrected chi connectivity index (χ4v) is 1.48. The first-order chi connectivity index (χ1) is 6.85. The van der Waals surface area contributed by atoms with Crippen LogP contribution in [0.2, 0.25) is 0 Å². The van der Waals surface area contributed by atoms with Crippen LogP contribution in [0.25, 0.3) is 0 Å². The highest BCUT2D eigenvalue weighted by atomic mass is 16.6. The van der Waals surface area contributed by atoms with Crippen molar-refractivity contribution in [2.45, 2.75) is 45.3 Å². The molecule has 1 saturated heterocycles. The Bertz CT molecular complexity index is 269. The number of aliphatic hydroxyl groups excluding tert-OH is 1. The molecule has 1 atom stereocenters. The molecule has 2 amide bonds. The van der Waals surface area contributed by atoms with Gasteiger partial charge in [0.2, 0.25) is 5.91 Å². The van der Waals surface area contributed by atoms with Crippen molar-refractivity contribution >= 4 is 12.0 Å². The molecule has 1 heterocycles. The molecular weight excluding hydrogens is 198 g/mol. The average Bonchev–Trinajstić information content (AvgIpc) is 2.43. The van der Waals surface area contributed by atoms with Gasteiger partial charge < -0.3 is 9.84 Å². The van der Waals surface area contributed by atoms with E-state index < -0.39 is 17.7 Å². The van der Waals surface area contributed by atoms with Crippen molar-refractivity contribution in [3.05, 3.63) is 0 Å². The van der Waals surface area contributed by atoms with Gasteiger partial charge in [0, 0.05) is 6.42 Å². The van der Waals surface area contributed by atoms with E-state index >= 15 is 0 Å². The second-order valence-corrected chi connectivity index (χ2v) is 4.62. The predicted molar refractivity (Wildman–Crippen MR) is 53.2 cm³/mol. The van der Waals surface area contributed by atoms with Crippen LogP contribution in [0.15, 0.2) is 0 Å². The maximum absolute atomic E-state index is 11.6. The summed E-state index contributed by atoms with van der Waals surface area (Å²) in [4.78, 5) is 24.0. The maximum atomic E-state index is 11.6. The summed E-state index contributed by atoms with van der Waals surface area (Å²) < 4.78 is 5.08. The molecule has 0 aliphatic carbocycles. The van der Waals surface area contributed by atoms with E-state index in [2.05, 4.69) is 0 Å². The first kappa shape index (κ1) is 12.0. The van der Waals surface area contributed by atoms with Crippen LogP contribution in [0.3, 0.4) is 0 Å². The molecule has 0 spiro atoms. The molecule has 1 aliphatic rings. The minimum Gasteiger partial charge on any atom is -0.443 e. The molecule has 86 valence electrons. The number of hydrogen-bond donors (Lipinski definition) is 1. The minimum absolute atomic E-state index is 0.203.